The Balaban J connectivity index is 0.00000210. The van der Waals surface area contributed by atoms with E-state index in [-0.39, 0.29) is 23.0 Å². The fourth-order valence-electron chi connectivity index (χ4n) is 3.31. The molecule has 0 saturated carbocycles. The Morgan fingerprint density at radius 3 is 2.04 bits per heavy atom. The number of hydrogen-bond donors (Lipinski definition) is 0. The first-order chi connectivity index (χ1) is 12.6. The van der Waals surface area contributed by atoms with Gasteiger partial charge in [-0.25, -0.2) is 4.98 Å². The molecular weight excluding hydrogens is 360 g/mol. The second-order valence-electron chi connectivity index (χ2n) is 6.15. The van der Waals surface area contributed by atoms with Crippen molar-refractivity contribution in [3.63, 3.8) is 0 Å². The van der Waals surface area contributed by atoms with Crippen LogP contribution in [-0.4, -0.2) is 9.91 Å². The van der Waals surface area contributed by atoms with Gasteiger partial charge in [0, 0.05) is 23.1 Å². The van der Waals surface area contributed by atoms with Crippen LogP contribution in [0.15, 0.2) is 78.9 Å². The molecular formula is C22H17ClN2O2. The van der Waals surface area contributed by atoms with Gasteiger partial charge >= 0.3 is 0 Å². The standard InChI is InChI=1S/C22H16N2O2.ClH/c1-15-21(16-8-4-2-5-9-16)19-14-18(24(25)26)12-13-20(19)23-22(15)17-10-6-3-7-11-17;/h2-14H,1H3;1H. The Bertz CT molecular complexity index is 1110. The monoisotopic (exact) mass is 376 g/mol. The lowest BCUT2D eigenvalue weighted by atomic mass is 9.93. The summed E-state index contributed by atoms with van der Waals surface area (Å²) in [5, 5.41) is 12.0. The van der Waals surface area contributed by atoms with Crippen LogP contribution < -0.4 is 0 Å². The van der Waals surface area contributed by atoms with Crippen molar-refractivity contribution in [1.82, 2.24) is 4.98 Å². The highest BCUT2D eigenvalue weighted by atomic mass is 35.5. The predicted molar refractivity (Wildman–Crippen MR) is 111 cm³/mol. The summed E-state index contributed by atoms with van der Waals surface area (Å²) in [5.41, 5.74) is 5.76. The third-order valence-corrected chi connectivity index (χ3v) is 4.53. The normalized spacial score (nSPS) is 10.4. The van der Waals surface area contributed by atoms with E-state index in [0.717, 1.165) is 38.9 Å². The minimum absolute atomic E-state index is 0. The zero-order valence-electron chi connectivity index (χ0n) is 14.6. The van der Waals surface area contributed by atoms with E-state index >= 15 is 0 Å². The fraction of sp³-hybridized carbons (Fsp3) is 0.0455. The number of hydrogen-bond acceptors (Lipinski definition) is 3. The molecule has 0 amide bonds. The SMILES string of the molecule is Cc1c(-c2ccccc2)nc2ccc([N+](=O)[O-])cc2c1-c1ccccc1.Cl. The Morgan fingerprint density at radius 2 is 1.44 bits per heavy atom. The van der Waals surface area contributed by atoms with E-state index in [0.29, 0.717) is 0 Å². The molecule has 0 aliphatic rings. The van der Waals surface area contributed by atoms with Gasteiger partial charge < -0.3 is 0 Å². The molecule has 0 bridgehead atoms. The highest BCUT2D eigenvalue weighted by Crippen LogP contribution is 2.37. The number of halogens is 1. The number of rotatable bonds is 3. The molecule has 0 aliphatic carbocycles. The fourth-order valence-corrected chi connectivity index (χ4v) is 3.31. The van der Waals surface area contributed by atoms with Gasteiger partial charge in [-0.2, -0.15) is 0 Å². The summed E-state index contributed by atoms with van der Waals surface area (Å²) in [6.45, 7) is 2.02. The average molecular weight is 377 g/mol. The Labute approximate surface area is 163 Å². The van der Waals surface area contributed by atoms with Crippen LogP contribution in [0.5, 0.6) is 0 Å². The molecule has 0 N–H and O–H groups in total. The number of aromatic nitrogens is 1. The van der Waals surface area contributed by atoms with Crippen LogP contribution in [0.1, 0.15) is 5.56 Å². The van der Waals surface area contributed by atoms with Gasteiger partial charge in [-0.1, -0.05) is 60.7 Å². The second kappa shape index (κ2) is 7.56. The molecule has 4 rings (SSSR count). The number of benzene rings is 3. The van der Waals surface area contributed by atoms with Crippen molar-refractivity contribution in [1.29, 1.82) is 0 Å². The van der Waals surface area contributed by atoms with E-state index in [9.17, 15) is 10.1 Å². The van der Waals surface area contributed by atoms with Gasteiger partial charge in [0.25, 0.3) is 5.69 Å². The number of nitro groups is 1. The third kappa shape index (κ3) is 3.39. The minimum Gasteiger partial charge on any atom is -0.258 e. The number of fused-ring (bicyclic) bond motifs is 1. The number of non-ortho nitro benzene ring substituents is 1. The first kappa shape index (κ1) is 18.5. The number of pyridine rings is 1. The van der Waals surface area contributed by atoms with Crippen molar-refractivity contribution in [3.8, 4) is 22.4 Å². The maximum Gasteiger partial charge on any atom is 0.270 e. The molecule has 0 fully saturated rings. The lowest BCUT2D eigenvalue weighted by molar-refractivity contribution is -0.384. The molecule has 0 spiro atoms. The smallest absolute Gasteiger partial charge is 0.258 e. The Kier molecular flexibility index (Phi) is 5.19. The zero-order chi connectivity index (χ0) is 18.1. The van der Waals surface area contributed by atoms with Gasteiger partial charge in [0.15, 0.2) is 0 Å². The van der Waals surface area contributed by atoms with Gasteiger partial charge in [0.2, 0.25) is 0 Å². The van der Waals surface area contributed by atoms with E-state index in [1.54, 1.807) is 12.1 Å². The van der Waals surface area contributed by atoms with E-state index in [1.165, 1.54) is 6.07 Å². The molecule has 4 nitrogen and oxygen atoms in total. The molecule has 5 heteroatoms. The van der Waals surface area contributed by atoms with Crippen molar-refractivity contribution in [2.24, 2.45) is 0 Å². The zero-order valence-corrected chi connectivity index (χ0v) is 15.4. The highest BCUT2D eigenvalue weighted by Gasteiger charge is 2.17. The van der Waals surface area contributed by atoms with Gasteiger partial charge in [-0.05, 0) is 29.7 Å². The van der Waals surface area contributed by atoms with Gasteiger partial charge in [-0.3, -0.25) is 10.1 Å². The van der Waals surface area contributed by atoms with E-state index in [2.05, 4.69) is 0 Å². The Hall–Kier alpha value is -3.24. The number of nitrogens with zero attached hydrogens (tertiary/aromatic N) is 2. The third-order valence-electron chi connectivity index (χ3n) is 4.53. The van der Waals surface area contributed by atoms with Crippen molar-refractivity contribution >= 4 is 29.0 Å². The molecule has 0 unspecified atom stereocenters. The topological polar surface area (TPSA) is 56.0 Å². The van der Waals surface area contributed by atoms with Crippen LogP contribution in [0.3, 0.4) is 0 Å². The molecule has 0 atom stereocenters. The molecule has 1 heterocycles. The quantitative estimate of drug-likeness (QED) is 0.315. The minimum atomic E-state index is -0.366. The molecule has 0 saturated heterocycles. The van der Waals surface area contributed by atoms with Crippen molar-refractivity contribution < 1.29 is 4.92 Å². The summed E-state index contributed by atoms with van der Waals surface area (Å²) in [7, 11) is 0. The van der Waals surface area contributed by atoms with E-state index < -0.39 is 0 Å². The van der Waals surface area contributed by atoms with Crippen LogP contribution in [0, 0.1) is 17.0 Å². The highest BCUT2D eigenvalue weighted by molar-refractivity contribution is 6.00. The van der Waals surface area contributed by atoms with Crippen LogP contribution in [-0.2, 0) is 0 Å². The van der Waals surface area contributed by atoms with Crippen LogP contribution >= 0.6 is 12.4 Å². The summed E-state index contributed by atoms with van der Waals surface area (Å²) in [6.07, 6.45) is 0. The predicted octanol–water partition coefficient (Wildman–Crippen LogP) is 6.21. The summed E-state index contributed by atoms with van der Waals surface area (Å²) in [5.74, 6) is 0. The maximum absolute atomic E-state index is 11.3. The largest absolute Gasteiger partial charge is 0.270 e. The second-order valence-corrected chi connectivity index (χ2v) is 6.15. The molecule has 0 aliphatic heterocycles. The van der Waals surface area contributed by atoms with Crippen LogP contribution in [0.4, 0.5) is 5.69 Å². The Morgan fingerprint density at radius 1 is 0.852 bits per heavy atom. The van der Waals surface area contributed by atoms with Crippen molar-refractivity contribution in [2.45, 2.75) is 6.92 Å². The van der Waals surface area contributed by atoms with Crippen molar-refractivity contribution in [3.05, 3.63) is 94.5 Å². The van der Waals surface area contributed by atoms with E-state index in [1.807, 2.05) is 67.6 Å². The summed E-state index contributed by atoms with van der Waals surface area (Å²) >= 11 is 0. The molecule has 1 aromatic heterocycles. The van der Waals surface area contributed by atoms with Crippen LogP contribution in [0.25, 0.3) is 33.3 Å². The maximum atomic E-state index is 11.3. The summed E-state index contributed by atoms with van der Waals surface area (Å²) < 4.78 is 0. The first-order valence-electron chi connectivity index (χ1n) is 8.35. The molecule has 3 aromatic carbocycles. The number of nitro benzene ring substituents is 1. The molecule has 27 heavy (non-hydrogen) atoms. The van der Waals surface area contributed by atoms with Gasteiger partial charge in [0.05, 0.1) is 16.1 Å². The van der Waals surface area contributed by atoms with E-state index in [4.69, 9.17) is 4.98 Å². The van der Waals surface area contributed by atoms with Crippen LogP contribution in [0.2, 0.25) is 0 Å². The molecule has 134 valence electrons. The van der Waals surface area contributed by atoms with Gasteiger partial charge in [-0.15, -0.1) is 12.4 Å². The lowest BCUT2D eigenvalue weighted by Crippen LogP contribution is -1.96. The molecule has 0 radical (unpaired) electrons. The summed E-state index contributed by atoms with van der Waals surface area (Å²) in [4.78, 5) is 15.7. The van der Waals surface area contributed by atoms with Gasteiger partial charge in [0.1, 0.15) is 0 Å². The average Bonchev–Trinajstić information content (AvgIpc) is 2.68. The van der Waals surface area contributed by atoms with Crippen molar-refractivity contribution in [2.75, 3.05) is 0 Å². The lowest BCUT2D eigenvalue weighted by Gasteiger charge is -2.15. The molecule has 4 aromatic rings. The summed E-state index contributed by atoms with van der Waals surface area (Å²) in [6, 6.07) is 24.8. The first-order valence-corrected chi connectivity index (χ1v) is 8.35.